The first-order valence-corrected chi connectivity index (χ1v) is 4.67. The van der Waals surface area contributed by atoms with Crippen molar-refractivity contribution in [3.8, 4) is 0 Å². The van der Waals surface area contributed by atoms with Crippen molar-refractivity contribution in [1.82, 2.24) is 0 Å². The summed E-state index contributed by atoms with van der Waals surface area (Å²) in [5.74, 6) is 1.47. The second kappa shape index (κ2) is 1.76. The first-order chi connectivity index (χ1) is 5.27. The predicted octanol–water partition coefficient (Wildman–Crippen LogP) is 0.866. The van der Waals surface area contributed by atoms with Crippen LogP contribution in [0.3, 0.4) is 0 Å². The summed E-state index contributed by atoms with van der Waals surface area (Å²) in [4.78, 5) is 11.2. The highest BCUT2D eigenvalue weighted by Gasteiger charge is 2.60. The van der Waals surface area contributed by atoms with Crippen LogP contribution >= 0.6 is 12.6 Å². The maximum Gasteiger partial charge on any atom is 0.309 e. The van der Waals surface area contributed by atoms with E-state index in [9.17, 15) is 4.79 Å². The average molecular weight is 170 g/mol. The highest BCUT2D eigenvalue weighted by molar-refractivity contribution is 7.81. The Kier molecular flexibility index (Phi) is 1.02. The van der Waals surface area contributed by atoms with Crippen molar-refractivity contribution in [2.24, 2.45) is 17.8 Å². The highest BCUT2D eigenvalue weighted by Crippen LogP contribution is 2.55. The summed E-state index contributed by atoms with van der Waals surface area (Å²) in [6.07, 6.45) is 2.37. The molecule has 1 aliphatic heterocycles. The van der Waals surface area contributed by atoms with Gasteiger partial charge in [0.1, 0.15) is 6.10 Å². The molecule has 0 N–H and O–H groups in total. The fourth-order valence-electron chi connectivity index (χ4n) is 2.92. The Morgan fingerprint density at radius 3 is 2.91 bits per heavy atom. The standard InChI is InChI=1S/C8H10O2S/c9-8-5-2-3-1-4(5)6(10-8)7(3)11/h3-7,11H,1-2H2. The number of carbonyl (C=O) groups is 1. The molecule has 0 aromatic heterocycles. The fourth-order valence-corrected chi connectivity index (χ4v) is 3.45. The van der Waals surface area contributed by atoms with Crippen molar-refractivity contribution in [3.05, 3.63) is 0 Å². The number of hydrogen-bond acceptors (Lipinski definition) is 3. The van der Waals surface area contributed by atoms with Gasteiger partial charge >= 0.3 is 5.97 Å². The summed E-state index contributed by atoms with van der Waals surface area (Å²) < 4.78 is 5.24. The smallest absolute Gasteiger partial charge is 0.309 e. The van der Waals surface area contributed by atoms with Gasteiger partial charge in [-0.25, -0.2) is 0 Å². The Morgan fingerprint density at radius 2 is 2.27 bits per heavy atom. The van der Waals surface area contributed by atoms with E-state index in [0.717, 1.165) is 6.42 Å². The van der Waals surface area contributed by atoms with E-state index < -0.39 is 0 Å². The lowest BCUT2D eigenvalue weighted by Crippen LogP contribution is -2.27. The number of carbonyl (C=O) groups excluding carboxylic acids is 1. The number of esters is 1. The Balaban J connectivity index is 2.04. The van der Waals surface area contributed by atoms with Gasteiger partial charge in [-0.2, -0.15) is 12.6 Å². The molecule has 1 saturated heterocycles. The van der Waals surface area contributed by atoms with Crippen molar-refractivity contribution < 1.29 is 9.53 Å². The van der Waals surface area contributed by atoms with Crippen LogP contribution < -0.4 is 0 Å². The van der Waals surface area contributed by atoms with E-state index in [0.29, 0.717) is 17.1 Å². The van der Waals surface area contributed by atoms with Crippen molar-refractivity contribution in [1.29, 1.82) is 0 Å². The molecule has 3 heteroatoms. The van der Waals surface area contributed by atoms with Crippen molar-refractivity contribution in [2.75, 3.05) is 0 Å². The van der Waals surface area contributed by atoms with Gasteiger partial charge in [-0.1, -0.05) is 0 Å². The molecule has 2 saturated carbocycles. The maximum atomic E-state index is 11.2. The topological polar surface area (TPSA) is 26.3 Å². The third-order valence-electron chi connectivity index (χ3n) is 3.44. The number of fused-ring (bicyclic) bond motifs is 1. The second-order valence-corrected chi connectivity index (χ2v) is 4.49. The Hall–Kier alpha value is -0.180. The summed E-state index contributed by atoms with van der Waals surface area (Å²) in [5, 5.41) is 0.336. The molecule has 5 atom stereocenters. The van der Waals surface area contributed by atoms with Crippen LogP contribution in [0.15, 0.2) is 0 Å². The Bertz CT molecular complexity index is 228. The molecule has 3 rings (SSSR count). The molecule has 2 nitrogen and oxygen atoms in total. The van der Waals surface area contributed by atoms with E-state index in [1.54, 1.807) is 0 Å². The molecule has 60 valence electrons. The second-order valence-electron chi connectivity index (χ2n) is 3.89. The monoisotopic (exact) mass is 170 g/mol. The summed E-state index contributed by atoms with van der Waals surface area (Å²) in [5.41, 5.74) is 0. The minimum absolute atomic E-state index is 0.0408. The number of rotatable bonds is 0. The van der Waals surface area contributed by atoms with Gasteiger partial charge in [0.05, 0.1) is 5.92 Å². The summed E-state index contributed by atoms with van der Waals surface area (Å²) in [7, 11) is 0. The molecule has 2 bridgehead atoms. The zero-order valence-corrected chi connectivity index (χ0v) is 6.96. The van der Waals surface area contributed by atoms with E-state index in [1.807, 2.05) is 0 Å². The van der Waals surface area contributed by atoms with E-state index in [1.165, 1.54) is 6.42 Å². The number of ether oxygens (including phenoxy) is 1. The molecule has 11 heavy (non-hydrogen) atoms. The summed E-state index contributed by atoms with van der Waals surface area (Å²) >= 11 is 4.46. The molecule has 1 heterocycles. The van der Waals surface area contributed by atoms with Crippen LogP contribution in [0.5, 0.6) is 0 Å². The zero-order valence-electron chi connectivity index (χ0n) is 6.06. The van der Waals surface area contributed by atoms with Crippen LogP contribution in [-0.4, -0.2) is 17.3 Å². The molecule has 0 aromatic carbocycles. The molecular weight excluding hydrogens is 160 g/mol. The molecule has 3 fully saturated rings. The Labute approximate surface area is 70.7 Å². The molecule has 0 aromatic rings. The van der Waals surface area contributed by atoms with Gasteiger partial charge in [-0.05, 0) is 18.8 Å². The third-order valence-corrected chi connectivity index (χ3v) is 4.16. The normalized spacial score (nSPS) is 58.6. The van der Waals surface area contributed by atoms with Crippen LogP contribution in [0.2, 0.25) is 0 Å². The highest BCUT2D eigenvalue weighted by atomic mass is 32.1. The molecule has 0 amide bonds. The maximum absolute atomic E-state index is 11.2. The quantitative estimate of drug-likeness (QED) is 0.431. The van der Waals surface area contributed by atoms with Gasteiger partial charge in [-0.3, -0.25) is 4.79 Å². The minimum Gasteiger partial charge on any atom is -0.461 e. The lowest BCUT2D eigenvalue weighted by molar-refractivity contribution is -0.143. The van der Waals surface area contributed by atoms with Crippen LogP contribution in [0.4, 0.5) is 0 Å². The lowest BCUT2D eigenvalue weighted by atomic mass is 9.90. The Morgan fingerprint density at radius 1 is 1.45 bits per heavy atom. The first-order valence-electron chi connectivity index (χ1n) is 4.16. The molecule has 0 radical (unpaired) electrons. The summed E-state index contributed by atoms with van der Waals surface area (Å²) in [6.45, 7) is 0. The SMILES string of the molecule is O=C1OC2C(S)C3CC1C2C3. The fraction of sp³-hybridized carbons (Fsp3) is 0.875. The molecule has 2 aliphatic carbocycles. The zero-order chi connectivity index (χ0) is 7.59. The van der Waals surface area contributed by atoms with E-state index in [4.69, 9.17) is 4.74 Å². The first kappa shape index (κ1) is 6.35. The minimum atomic E-state index is 0.0408. The van der Waals surface area contributed by atoms with E-state index in [-0.39, 0.29) is 18.0 Å². The van der Waals surface area contributed by atoms with Gasteiger partial charge in [0, 0.05) is 11.2 Å². The van der Waals surface area contributed by atoms with Gasteiger partial charge in [0.2, 0.25) is 0 Å². The van der Waals surface area contributed by atoms with Gasteiger partial charge in [-0.15, -0.1) is 0 Å². The molecular formula is C8H10O2S. The van der Waals surface area contributed by atoms with Gasteiger partial charge in [0.25, 0.3) is 0 Å². The van der Waals surface area contributed by atoms with E-state index in [2.05, 4.69) is 12.6 Å². The average Bonchev–Trinajstić information content (AvgIpc) is 2.53. The van der Waals surface area contributed by atoms with Crippen molar-refractivity contribution >= 4 is 18.6 Å². The van der Waals surface area contributed by atoms with Crippen LogP contribution in [0.1, 0.15) is 12.8 Å². The van der Waals surface area contributed by atoms with Crippen molar-refractivity contribution in [2.45, 2.75) is 24.2 Å². The van der Waals surface area contributed by atoms with Gasteiger partial charge in [0.15, 0.2) is 0 Å². The number of hydrogen-bond donors (Lipinski definition) is 1. The third kappa shape index (κ3) is 0.593. The van der Waals surface area contributed by atoms with Crippen LogP contribution in [-0.2, 0) is 9.53 Å². The molecule has 5 unspecified atom stereocenters. The van der Waals surface area contributed by atoms with Crippen LogP contribution in [0, 0.1) is 17.8 Å². The van der Waals surface area contributed by atoms with E-state index >= 15 is 0 Å². The van der Waals surface area contributed by atoms with Crippen molar-refractivity contribution in [3.63, 3.8) is 0 Å². The largest absolute Gasteiger partial charge is 0.461 e. The lowest BCUT2D eigenvalue weighted by Gasteiger charge is -2.19. The van der Waals surface area contributed by atoms with Gasteiger partial charge < -0.3 is 4.74 Å². The van der Waals surface area contributed by atoms with Crippen LogP contribution in [0.25, 0.3) is 0 Å². The predicted molar refractivity (Wildman–Crippen MR) is 42.4 cm³/mol. The molecule has 0 spiro atoms. The number of thiol groups is 1. The molecule has 3 aliphatic rings. The summed E-state index contributed by atoms with van der Waals surface area (Å²) in [6, 6.07) is 0.